The summed E-state index contributed by atoms with van der Waals surface area (Å²) < 4.78 is 23.9. The zero-order chi connectivity index (χ0) is 25.2. The van der Waals surface area contributed by atoms with Gasteiger partial charge in [0.1, 0.15) is 17.5 Å². The molecule has 0 spiro atoms. The number of hydrogen-bond acceptors (Lipinski definition) is 5. The quantitative estimate of drug-likeness (QED) is 0.348. The van der Waals surface area contributed by atoms with Gasteiger partial charge in [0.15, 0.2) is 18.1 Å². The van der Waals surface area contributed by atoms with Gasteiger partial charge in [-0.25, -0.2) is 4.39 Å². The van der Waals surface area contributed by atoms with Crippen LogP contribution in [0.5, 0.6) is 11.5 Å². The predicted octanol–water partition coefficient (Wildman–Crippen LogP) is 4.64. The Morgan fingerprint density at radius 2 is 1.77 bits per heavy atom. The Balaban J connectivity index is 1.65. The van der Waals surface area contributed by atoms with E-state index in [9.17, 15) is 19.2 Å². The number of nitrogens with one attached hydrogen (secondary N) is 2. The van der Waals surface area contributed by atoms with Crippen LogP contribution in [0.3, 0.4) is 0 Å². The van der Waals surface area contributed by atoms with E-state index in [2.05, 4.69) is 10.6 Å². The summed E-state index contributed by atoms with van der Waals surface area (Å²) >= 11 is 0. The number of benzene rings is 3. The van der Waals surface area contributed by atoms with Gasteiger partial charge in [0.05, 0.1) is 13.2 Å². The molecule has 0 saturated carbocycles. The molecule has 7 nitrogen and oxygen atoms in total. The first-order valence-corrected chi connectivity index (χ1v) is 10.7. The third-order valence-corrected chi connectivity index (χ3v) is 5.00. The Hall–Kier alpha value is -4.64. The van der Waals surface area contributed by atoms with Crippen LogP contribution in [0.15, 0.2) is 78.4 Å². The number of nitrogens with zero attached hydrogens (tertiary/aromatic N) is 1. The van der Waals surface area contributed by atoms with E-state index in [1.54, 1.807) is 18.2 Å². The molecule has 2 N–H and O–H groups in total. The minimum atomic E-state index is -0.499. The van der Waals surface area contributed by atoms with Gasteiger partial charge < -0.3 is 20.1 Å². The third-order valence-electron chi connectivity index (χ3n) is 5.00. The molecule has 0 unspecified atom stereocenters. The summed E-state index contributed by atoms with van der Waals surface area (Å²) in [6.07, 6.45) is 1.45. The molecule has 3 aromatic rings. The number of halogens is 1. The zero-order valence-electron chi connectivity index (χ0n) is 19.2. The molecule has 0 fully saturated rings. The van der Waals surface area contributed by atoms with Crippen LogP contribution < -0.4 is 20.1 Å². The fraction of sp³-hybridized carbons (Fsp3) is 0.148. The van der Waals surface area contributed by atoms with Crippen LogP contribution >= 0.6 is 0 Å². The molecule has 0 aliphatic rings. The van der Waals surface area contributed by atoms with Gasteiger partial charge in [-0.05, 0) is 60.5 Å². The normalized spacial score (nSPS) is 11.7. The number of carbonyl (C=O) groups is 2. The molecular formula is C27H24FN3O4. The molecule has 35 heavy (non-hydrogen) atoms. The van der Waals surface area contributed by atoms with Crippen LogP contribution in [-0.4, -0.2) is 25.5 Å². The highest BCUT2D eigenvalue weighted by Crippen LogP contribution is 2.29. The number of nitriles is 1. The summed E-state index contributed by atoms with van der Waals surface area (Å²) in [6.45, 7) is 1.54. The van der Waals surface area contributed by atoms with Gasteiger partial charge in [-0.15, -0.1) is 0 Å². The average Bonchev–Trinajstić information content (AvgIpc) is 2.88. The largest absolute Gasteiger partial charge is 0.493 e. The van der Waals surface area contributed by atoms with Crippen LogP contribution in [0.25, 0.3) is 6.08 Å². The van der Waals surface area contributed by atoms with Crippen LogP contribution in [0.2, 0.25) is 0 Å². The maximum absolute atomic E-state index is 13.0. The second-order valence-electron chi connectivity index (χ2n) is 7.53. The number of methoxy groups -OCH3 is 1. The van der Waals surface area contributed by atoms with Gasteiger partial charge in [-0.3, -0.25) is 9.59 Å². The molecule has 1 atom stereocenters. The number of carbonyl (C=O) groups excluding carboxylic acids is 2. The van der Waals surface area contributed by atoms with Gasteiger partial charge in [0, 0.05) is 5.69 Å². The summed E-state index contributed by atoms with van der Waals surface area (Å²) in [5.41, 5.74) is 1.84. The number of amides is 2. The predicted molar refractivity (Wildman–Crippen MR) is 130 cm³/mol. The maximum atomic E-state index is 13.0. The maximum Gasteiger partial charge on any atom is 0.262 e. The van der Waals surface area contributed by atoms with Crippen LogP contribution in [0.4, 0.5) is 10.1 Å². The summed E-state index contributed by atoms with van der Waals surface area (Å²) in [4.78, 5) is 24.7. The molecule has 3 rings (SSSR count). The van der Waals surface area contributed by atoms with E-state index in [4.69, 9.17) is 9.47 Å². The summed E-state index contributed by atoms with van der Waals surface area (Å²) in [7, 11) is 1.44. The van der Waals surface area contributed by atoms with Crippen molar-refractivity contribution < 1.29 is 23.5 Å². The van der Waals surface area contributed by atoms with E-state index in [0.29, 0.717) is 22.7 Å². The van der Waals surface area contributed by atoms with E-state index < -0.39 is 17.6 Å². The molecule has 0 saturated heterocycles. The van der Waals surface area contributed by atoms with Crippen molar-refractivity contribution in [2.75, 3.05) is 19.0 Å². The van der Waals surface area contributed by atoms with Crippen LogP contribution in [-0.2, 0) is 9.59 Å². The van der Waals surface area contributed by atoms with Crippen molar-refractivity contribution in [3.8, 4) is 17.6 Å². The highest BCUT2D eigenvalue weighted by molar-refractivity contribution is 6.02. The molecule has 3 aromatic carbocycles. The smallest absolute Gasteiger partial charge is 0.262 e. The van der Waals surface area contributed by atoms with E-state index in [1.165, 1.54) is 37.5 Å². The van der Waals surface area contributed by atoms with Crippen molar-refractivity contribution in [1.82, 2.24) is 5.32 Å². The molecule has 0 bridgehead atoms. The van der Waals surface area contributed by atoms with E-state index in [0.717, 1.165) is 5.56 Å². The standard InChI is InChI=1S/C27H24FN3O4/c1-18(20-6-4-3-5-7-20)30-27(33)21(16-29)14-19-8-13-24(25(15-19)34-2)35-17-26(32)31-23-11-9-22(28)10-12-23/h3-15,18H,17H2,1-2H3,(H,30,33)(H,31,32)/b21-14-/t18-/m0/s1. The van der Waals surface area contributed by atoms with Gasteiger partial charge >= 0.3 is 0 Å². The van der Waals surface area contributed by atoms with Crippen molar-refractivity contribution in [3.05, 3.63) is 95.3 Å². The van der Waals surface area contributed by atoms with Gasteiger partial charge in [0.25, 0.3) is 11.8 Å². The summed E-state index contributed by atoms with van der Waals surface area (Å²) in [5.74, 6) is -0.705. The van der Waals surface area contributed by atoms with E-state index in [-0.39, 0.29) is 18.2 Å². The minimum absolute atomic E-state index is 0.0674. The molecule has 8 heteroatoms. The number of hydrogen-bond donors (Lipinski definition) is 2. The SMILES string of the molecule is COc1cc(/C=C(/C#N)C(=O)N[C@@H](C)c2ccccc2)ccc1OCC(=O)Nc1ccc(F)cc1. The minimum Gasteiger partial charge on any atom is -0.493 e. The van der Waals surface area contributed by atoms with Crippen molar-refractivity contribution in [2.45, 2.75) is 13.0 Å². The van der Waals surface area contributed by atoms with Crippen LogP contribution in [0, 0.1) is 17.1 Å². The Morgan fingerprint density at radius 1 is 1.06 bits per heavy atom. The molecule has 2 amide bonds. The first-order chi connectivity index (χ1) is 16.9. The lowest BCUT2D eigenvalue weighted by atomic mass is 10.1. The topological polar surface area (TPSA) is 100 Å². The van der Waals surface area contributed by atoms with Crippen LogP contribution in [0.1, 0.15) is 24.1 Å². The highest BCUT2D eigenvalue weighted by atomic mass is 19.1. The average molecular weight is 474 g/mol. The monoisotopic (exact) mass is 473 g/mol. The third kappa shape index (κ3) is 7.17. The van der Waals surface area contributed by atoms with Crippen molar-refractivity contribution in [3.63, 3.8) is 0 Å². The van der Waals surface area contributed by atoms with E-state index in [1.807, 2.05) is 43.3 Å². The molecule has 0 radical (unpaired) electrons. The fourth-order valence-electron chi connectivity index (χ4n) is 3.18. The Kier molecular flexibility index (Phi) is 8.57. The lowest BCUT2D eigenvalue weighted by molar-refractivity contribution is -0.118. The first-order valence-electron chi connectivity index (χ1n) is 10.7. The van der Waals surface area contributed by atoms with Crippen molar-refractivity contribution >= 4 is 23.6 Å². The summed E-state index contributed by atoms with van der Waals surface area (Å²) in [6, 6.07) is 21.3. The molecule has 0 aliphatic carbocycles. The second kappa shape index (κ2) is 12.0. The Morgan fingerprint density at radius 3 is 2.43 bits per heavy atom. The number of rotatable bonds is 9. The molecule has 0 heterocycles. The molecule has 0 aliphatic heterocycles. The number of anilines is 1. The highest BCUT2D eigenvalue weighted by Gasteiger charge is 2.15. The first kappa shape index (κ1) is 25.0. The lowest BCUT2D eigenvalue weighted by Gasteiger charge is -2.14. The van der Waals surface area contributed by atoms with Gasteiger partial charge in [0.2, 0.25) is 0 Å². The lowest BCUT2D eigenvalue weighted by Crippen LogP contribution is -2.27. The van der Waals surface area contributed by atoms with Crippen molar-refractivity contribution in [1.29, 1.82) is 5.26 Å². The summed E-state index contributed by atoms with van der Waals surface area (Å²) in [5, 5.41) is 14.9. The molecule has 178 valence electrons. The van der Waals surface area contributed by atoms with Gasteiger partial charge in [-0.1, -0.05) is 36.4 Å². The van der Waals surface area contributed by atoms with Gasteiger partial charge in [-0.2, -0.15) is 5.26 Å². The Labute approximate surface area is 202 Å². The zero-order valence-corrected chi connectivity index (χ0v) is 19.2. The fourth-order valence-corrected chi connectivity index (χ4v) is 3.18. The molecule has 0 aromatic heterocycles. The number of ether oxygens (including phenoxy) is 2. The second-order valence-corrected chi connectivity index (χ2v) is 7.53. The van der Waals surface area contributed by atoms with Crippen molar-refractivity contribution in [2.24, 2.45) is 0 Å². The van der Waals surface area contributed by atoms with E-state index >= 15 is 0 Å². The Bertz CT molecular complexity index is 1250. The molecular weight excluding hydrogens is 449 g/mol.